The molecular formula is C17H16FN3. The molecule has 0 bridgehead atoms. The Hall–Kier alpha value is -2.46. The van der Waals surface area contributed by atoms with Crippen LogP contribution >= 0.6 is 0 Å². The first-order valence-corrected chi connectivity index (χ1v) is 6.82. The molecule has 0 aliphatic carbocycles. The van der Waals surface area contributed by atoms with Crippen molar-refractivity contribution in [2.75, 3.05) is 7.05 Å². The average molecular weight is 281 g/mol. The second-order valence-electron chi connectivity index (χ2n) is 4.81. The second kappa shape index (κ2) is 5.89. The van der Waals surface area contributed by atoms with Gasteiger partial charge in [-0.25, -0.2) is 9.07 Å². The summed E-state index contributed by atoms with van der Waals surface area (Å²) >= 11 is 0. The van der Waals surface area contributed by atoms with Crippen LogP contribution < -0.4 is 5.32 Å². The number of aromatic nitrogens is 2. The molecule has 1 aromatic heterocycles. The van der Waals surface area contributed by atoms with Gasteiger partial charge in [0, 0.05) is 23.9 Å². The van der Waals surface area contributed by atoms with Gasteiger partial charge in [0.1, 0.15) is 5.82 Å². The van der Waals surface area contributed by atoms with Crippen molar-refractivity contribution >= 4 is 0 Å². The van der Waals surface area contributed by atoms with Gasteiger partial charge in [-0.05, 0) is 24.7 Å². The molecule has 2 aromatic carbocycles. The highest BCUT2D eigenvalue weighted by Gasteiger charge is 2.11. The smallest absolute Gasteiger partial charge is 0.129 e. The molecule has 0 saturated carbocycles. The van der Waals surface area contributed by atoms with Crippen LogP contribution in [0.15, 0.2) is 60.9 Å². The van der Waals surface area contributed by atoms with Crippen LogP contribution in [0.2, 0.25) is 0 Å². The quantitative estimate of drug-likeness (QED) is 0.794. The first-order valence-electron chi connectivity index (χ1n) is 6.82. The Balaban J connectivity index is 2.03. The van der Waals surface area contributed by atoms with E-state index in [-0.39, 0.29) is 5.82 Å². The zero-order chi connectivity index (χ0) is 14.7. The maximum Gasteiger partial charge on any atom is 0.129 e. The predicted molar refractivity (Wildman–Crippen MR) is 81.7 cm³/mol. The molecule has 0 saturated heterocycles. The van der Waals surface area contributed by atoms with E-state index in [1.165, 1.54) is 6.07 Å². The van der Waals surface area contributed by atoms with E-state index < -0.39 is 0 Å². The van der Waals surface area contributed by atoms with Crippen molar-refractivity contribution in [2.45, 2.75) is 6.54 Å². The lowest BCUT2D eigenvalue weighted by Crippen LogP contribution is -2.11. The fourth-order valence-corrected chi connectivity index (χ4v) is 2.35. The van der Waals surface area contributed by atoms with Crippen molar-refractivity contribution in [3.63, 3.8) is 0 Å². The molecule has 0 amide bonds. The maximum atomic E-state index is 14.0. The summed E-state index contributed by atoms with van der Waals surface area (Å²) in [5.41, 5.74) is 3.47. The molecular weight excluding hydrogens is 265 g/mol. The molecule has 3 rings (SSSR count). The standard InChI is InChI=1S/C17H16FN3/c1-19-11-15-16(18)8-5-9-17(15)21-12-14(10-20-21)13-6-3-2-4-7-13/h2-10,12,19H,11H2,1H3. The number of nitrogens with zero attached hydrogens (tertiary/aromatic N) is 2. The number of hydrogen-bond acceptors (Lipinski definition) is 2. The van der Waals surface area contributed by atoms with Crippen LogP contribution in [-0.4, -0.2) is 16.8 Å². The van der Waals surface area contributed by atoms with Gasteiger partial charge < -0.3 is 5.32 Å². The highest BCUT2D eigenvalue weighted by atomic mass is 19.1. The summed E-state index contributed by atoms with van der Waals surface area (Å²) in [6.07, 6.45) is 3.71. The summed E-state index contributed by atoms with van der Waals surface area (Å²) in [4.78, 5) is 0. The van der Waals surface area contributed by atoms with Gasteiger partial charge in [0.2, 0.25) is 0 Å². The molecule has 106 valence electrons. The summed E-state index contributed by atoms with van der Waals surface area (Å²) in [5.74, 6) is -0.224. The fourth-order valence-electron chi connectivity index (χ4n) is 2.35. The monoisotopic (exact) mass is 281 g/mol. The minimum absolute atomic E-state index is 0.224. The molecule has 0 radical (unpaired) electrons. The van der Waals surface area contributed by atoms with Crippen molar-refractivity contribution < 1.29 is 4.39 Å². The molecule has 4 heteroatoms. The lowest BCUT2D eigenvalue weighted by molar-refractivity contribution is 0.596. The van der Waals surface area contributed by atoms with Gasteiger partial charge in [0.25, 0.3) is 0 Å². The largest absolute Gasteiger partial charge is 0.316 e. The minimum atomic E-state index is -0.224. The predicted octanol–water partition coefficient (Wildman–Crippen LogP) is 3.40. The second-order valence-corrected chi connectivity index (χ2v) is 4.81. The van der Waals surface area contributed by atoms with Crippen LogP contribution in [-0.2, 0) is 6.54 Å². The molecule has 3 aromatic rings. The van der Waals surface area contributed by atoms with Gasteiger partial charge in [-0.15, -0.1) is 0 Å². The summed E-state index contributed by atoms with van der Waals surface area (Å²) in [6.45, 7) is 0.461. The number of nitrogens with one attached hydrogen (secondary N) is 1. The van der Waals surface area contributed by atoms with E-state index >= 15 is 0 Å². The SMILES string of the molecule is CNCc1c(F)cccc1-n1cc(-c2ccccc2)cn1. The maximum absolute atomic E-state index is 14.0. The summed E-state index contributed by atoms with van der Waals surface area (Å²) in [7, 11) is 1.80. The number of hydrogen-bond donors (Lipinski definition) is 1. The number of benzene rings is 2. The Morgan fingerprint density at radius 3 is 2.62 bits per heavy atom. The topological polar surface area (TPSA) is 29.9 Å². The Labute approximate surface area is 123 Å². The molecule has 21 heavy (non-hydrogen) atoms. The van der Waals surface area contributed by atoms with Crippen molar-refractivity contribution in [3.8, 4) is 16.8 Å². The molecule has 0 unspecified atom stereocenters. The molecule has 0 fully saturated rings. The third-order valence-electron chi connectivity index (χ3n) is 3.38. The number of rotatable bonds is 4. The van der Waals surface area contributed by atoms with E-state index in [0.29, 0.717) is 12.1 Å². The highest BCUT2D eigenvalue weighted by molar-refractivity contribution is 5.62. The van der Waals surface area contributed by atoms with Crippen molar-refractivity contribution in [2.24, 2.45) is 0 Å². The third-order valence-corrected chi connectivity index (χ3v) is 3.38. The van der Waals surface area contributed by atoms with Crippen LogP contribution in [0.25, 0.3) is 16.8 Å². The molecule has 0 spiro atoms. The third kappa shape index (κ3) is 2.71. The Kier molecular flexibility index (Phi) is 3.79. The molecule has 1 N–H and O–H groups in total. The van der Waals surface area contributed by atoms with E-state index in [2.05, 4.69) is 10.4 Å². The van der Waals surface area contributed by atoms with E-state index in [1.807, 2.05) is 42.6 Å². The van der Waals surface area contributed by atoms with Gasteiger partial charge >= 0.3 is 0 Å². The number of halogens is 1. The molecule has 1 heterocycles. The first-order chi connectivity index (χ1) is 10.3. The van der Waals surface area contributed by atoms with Gasteiger partial charge in [-0.2, -0.15) is 5.10 Å². The molecule has 0 aliphatic rings. The summed E-state index contributed by atoms with van der Waals surface area (Å²) in [6, 6.07) is 15.1. The van der Waals surface area contributed by atoms with Crippen LogP contribution in [0.4, 0.5) is 4.39 Å². The van der Waals surface area contributed by atoms with Crippen molar-refractivity contribution in [1.29, 1.82) is 0 Å². The van der Waals surface area contributed by atoms with Crippen LogP contribution in [0.3, 0.4) is 0 Å². The van der Waals surface area contributed by atoms with Crippen LogP contribution in [0.5, 0.6) is 0 Å². The van der Waals surface area contributed by atoms with Crippen molar-refractivity contribution in [1.82, 2.24) is 15.1 Å². The lowest BCUT2D eigenvalue weighted by Gasteiger charge is -2.10. The normalized spacial score (nSPS) is 10.8. The lowest BCUT2D eigenvalue weighted by atomic mass is 10.1. The summed E-state index contributed by atoms with van der Waals surface area (Å²) in [5, 5.41) is 7.36. The fraction of sp³-hybridized carbons (Fsp3) is 0.118. The van der Waals surface area contributed by atoms with Crippen molar-refractivity contribution in [3.05, 3.63) is 72.3 Å². The zero-order valence-electron chi connectivity index (χ0n) is 11.8. The van der Waals surface area contributed by atoms with E-state index in [9.17, 15) is 4.39 Å². The van der Waals surface area contributed by atoms with Gasteiger partial charge in [0.15, 0.2) is 0 Å². The Morgan fingerprint density at radius 2 is 1.86 bits per heavy atom. The van der Waals surface area contributed by atoms with E-state index in [1.54, 1.807) is 24.0 Å². The molecule has 3 nitrogen and oxygen atoms in total. The summed E-state index contributed by atoms with van der Waals surface area (Å²) < 4.78 is 15.7. The Bertz CT molecular complexity index is 735. The van der Waals surface area contributed by atoms with E-state index in [4.69, 9.17) is 0 Å². The first kappa shape index (κ1) is 13.5. The van der Waals surface area contributed by atoms with Gasteiger partial charge in [-0.3, -0.25) is 0 Å². The van der Waals surface area contributed by atoms with Gasteiger partial charge in [0.05, 0.1) is 11.9 Å². The van der Waals surface area contributed by atoms with Crippen LogP contribution in [0, 0.1) is 5.82 Å². The average Bonchev–Trinajstić information content (AvgIpc) is 3.00. The Morgan fingerprint density at radius 1 is 1.05 bits per heavy atom. The molecule has 0 atom stereocenters. The zero-order valence-corrected chi connectivity index (χ0v) is 11.8. The van der Waals surface area contributed by atoms with Gasteiger partial charge in [-0.1, -0.05) is 36.4 Å². The minimum Gasteiger partial charge on any atom is -0.316 e. The molecule has 0 aliphatic heterocycles. The highest BCUT2D eigenvalue weighted by Crippen LogP contribution is 2.22. The van der Waals surface area contributed by atoms with E-state index in [0.717, 1.165) is 16.8 Å². The van der Waals surface area contributed by atoms with Crippen LogP contribution in [0.1, 0.15) is 5.56 Å².